The van der Waals surface area contributed by atoms with E-state index in [0.717, 1.165) is 25.5 Å². The summed E-state index contributed by atoms with van der Waals surface area (Å²) in [5, 5.41) is 3.22. The van der Waals surface area contributed by atoms with Crippen molar-refractivity contribution < 1.29 is 18.0 Å². The second-order valence-corrected chi connectivity index (χ2v) is 14.1. The van der Waals surface area contributed by atoms with Crippen molar-refractivity contribution in [2.45, 2.75) is 57.1 Å². The zero-order valence-electron chi connectivity index (χ0n) is 25.5. The van der Waals surface area contributed by atoms with Crippen LogP contribution >= 0.6 is 27.5 Å². The summed E-state index contributed by atoms with van der Waals surface area (Å²) in [4.78, 5) is 29.9. The molecule has 0 fully saturated rings. The Morgan fingerprint density at radius 2 is 1.49 bits per heavy atom. The van der Waals surface area contributed by atoms with Gasteiger partial charge < -0.3 is 10.2 Å². The molecule has 4 rings (SSSR count). The molecule has 2 amide bonds. The normalized spacial score (nSPS) is 12.6. The fourth-order valence-electron chi connectivity index (χ4n) is 4.79. The summed E-state index contributed by atoms with van der Waals surface area (Å²) >= 11 is 9.99. The molecule has 236 valence electrons. The third kappa shape index (κ3) is 8.96. The average molecular weight is 711 g/mol. The summed E-state index contributed by atoms with van der Waals surface area (Å²) in [6.45, 7) is 5.25. The topological polar surface area (TPSA) is 86.8 Å². The number of carbonyl (C=O) groups excluding carboxylic acids is 2. The Labute approximate surface area is 279 Å². The van der Waals surface area contributed by atoms with Gasteiger partial charge in [-0.1, -0.05) is 107 Å². The molecule has 0 aromatic heterocycles. The summed E-state index contributed by atoms with van der Waals surface area (Å²) in [5.74, 6) is -0.863. The van der Waals surface area contributed by atoms with Crippen LogP contribution in [0.2, 0.25) is 5.02 Å². The first-order chi connectivity index (χ1) is 21.5. The number of nitrogens with one attached hydrogen (secondary N) is 1. The maximum atomic E-state index is 14.5. The highest BCUT2D eigenvalue weighted by atomic mass is 79.9. The molecule has 0 bridgehead atoms. The van der Waals surface area contributed by atoms with Gasteiger partial charge in [-0.2, -0.15) is 0 Å². The molecule has 0 heterocycles. The van der Waals surface area contributed by atoms with Gasteiger partial charge in [-0.05, 0) is 67.8 Å². The Balaban J connectivity index is 1.81. The molecule has 7 nitrogen and oxygen atoms in total. The molecule has 4 aromatic carbocycles. The smallest absolute Gasteiger partial charge is 0.264 e. The molecule has 45 heavy (non-hydrogen) atoms. The minimum Gasteiger partial charge on any atom is -0.352 e. The molecule has 10 heteroatoms. The summed E-state index contributed by atoms with van der Waals surface area (Å²) in [5.41, 5.74) is 2.71. The molecule has 4 aromatic rings. The van der Waals surface area contributed by atoms with Gasteiger partial charge in [-0.15, -0.1) is 0 Å². The highest BCUT2D eigenvalue weighted by molar-refractivity contribution is 9.10. The maximum Gasteiger partial charge on any atom is 0.264 e. The van der Waals surface area contributed by atoms with Crippen LogP contribution in [-0.4, -0.2) is 43.8 Å². The van der Waals surface area contributed by atoms with Gasteiger partial charge in [0, 0.05) is 23.5 Å². The number of sulfonamides is 1. The van der Waals surface area contributed by atoms with Crippen molar-refractivity contribution in [3.05, 3.63) is 129 Å². The number of hydrogen-bond acceptors (Lipinski definition) is 4. The summed E-state index contributed by atoms with van der Waals surface area (Å²) in [6.07, 6.45) is 0.946. The Hall–Kier alpha value is -3.66. The van der Waals surface area contributed by atoms with Crippen molar-refractivity contribution in [3.8, 4) is 0 Å². The van der Waals surface area contributed by atoms with E-state index in [4.69, 9.17) is 11.6 Å². The lowest BCUT2D eigenvalue weighted by Crippen LogP contribution is -2.54. The van der Waals surface area contributed by atoms with Gasteiger partial charge in [-0.25, -0.2) is 8.42 Å². The molecule has 0 aliphatic heterocycles. The van der Waals surface area contributed by atoms with Crippen LogP contribution in [0.25, 0.3) is 0 Å². The van der Waals surface area contributed by atoms with Crippen molar-refractivity contribution >= 4 is 55.1 Å². The predicted molar refractivity (Wildman–Crippen MR) is 184 cm³/mol. The van der Waals surface area contributed by atoms with Crippen LogP contribution in [0.5, 0.6) is 0 Å². The monoisotopic (exact) mass is 709 g/mol. The minimum absolute atomic E-state index is 0.0237. The van der Waals surface area contributed by atoms with Gasteiger partial charge in [0.25, 0.3) is 10.0 Å². The van der Waals surface area contributed by atoms with E-state index in [2.05, 4.69) is 21.2 Å². The number of nitrogens with zero attached hydrogens (tertiary/aromatic N) is 2. The van der Waals surface area contributed by atoms with Crippen molar-refractivity contribution in [2.75, 3.05) is 10.8 Å². The Morgan fingerprint density at radius 1 is 0.867 bits per heavy atom. The Morgan fingerprint density at radius 3 is 2.11 bits per heavy atom. The summed E-state index contributed by atoms with van der Waals surface area (Å²) in [7, 11) is -4.23. The number of hydrogen-bond donors (Lipinski definition) is 1. The Bertz CT molecular complexity index is 1700. The fourth-order valence-corrected chi connectivity index (χ4v) is 6.77. The molecular weight excluding hydrogens is 674 g/mol. The van der Waals surface area contributed by atoms with E-state index in [9.17, 15) is 18.0 Å². The minimum atomic E-state index is -4.23. The lowest BCUT2D eigenvalue weighted by Gasteiger charge is -2.34. The van der Waals surface area contributed by atoms with Crippen molar-refractivity contribution in [2.24, 2.45) is 0 Å². The second-order valence-electron chi connectivity index (χ2n) is 10.9. The molecule has 0 aliphatic rings. The fraction of sp³-hybridized carbons (Fsp3) is 0.257. The molecule has 0 aliphatic carbocycles. The molecule has 1 N–H and O–H groups in total. The number of benzene rings is 4. The molecule has 0 saturated carbocycles. The van der Waals surface area contributed by atoms with E-state index in [0.29, 0.717) is 6.42 Å². The molecule has 0 unspecified atom stereocenters. The quantitative estimate of drug-likeness (QED) is 0.160. The zero-order chi connectivity index (χ0) is 32.6. The summed E-state index contributed by atoms with van der Waals surface area (Å²) < 4.78 is 30.2. The number of carbonyl (C=O) groups is 2. The standard InChI is InChI=1S/C35H37BrClN3O4S/c1-4-26(3)38-35(42)33(22-27-10-6-5-7-11-27)39(23-28-16-18-29(36)19-17-28)34(41)24-40(32-13-9-8-12-31(32)37)45(43,44)30-20-14-25(2)15-21-30/h5-21,26,33H,4,22-24H2,1-3H3,(H,38,42)/t26-,33-/m1/s1. The highest BCUT2D eigenvalue weighted by Crippen LogP contribution is 2.31. The van der Waals surface area contributed by atoms with Crippen LogP contribution in [0, 0.1) is 6.92 Å². The van der Waals surface area contributed by atoms with Gasteiger partial charge in [0.05, 0.1) is 15.6 Å². The van der Waals surface area contributed by atoms with E-state index in [1.54, 1.807) is 36.4 Å². The van der Waals surface area contributed by atoms with Crippen LogP contribution < -0.4 is 9.62 Å². The number of halogens is 2. The SMILES string of the molecule is CC[C@@H](C)NC(=O)[C@@H](Cc1ccccc1)N(Cc1ccc(Br)cc1)C(=O)CN(c1ccccc1Cl)S(=O)(=O)c1ccc(C)cc1. The maximum absolute atomic E-state index is 14.5. The molecule has 0 saturated heterocycles. The Kier molecular flexibility index (Phi) is 11.8. The van der Waals surface area contributed by atoms with Gasteiger partial charge in [0.15, 0.2) is 0 Å². The molecular formula is C35H37BrClN3O4S. The van der Waals surface area contributed by atoms with E-state index >= 15 is 0 Å². The number of aryl methyl sites for hydroxylation is 1. The largest absolute Gasteiger partial charge is 0.352 e. The van der Waals surface area contributed by atoms with E-state index in [-0.39, 0.29) is 40.5 Å². The first-order valence-electron chi connectivity index (χ1n) is 14.7. The zero-order valence-corrected chi connectivity index (χ0v) is 28.6. The molecule has 2 atom stereocenters. The third-order valence-electron chi connectivity index (χ3n) is 7.55. The lowest BCUT2D eigenvalue weighted by atomic mass is 10.0. The van der Waals surface area contributed by atoms with Crippen LogP contribution in [0.1, 0.15) is 37.0 Å². The van der Waals surface area contributed by atoms with Crippen molar-refractivity contribution in [1.29, 1.82) is 0 Å². The third-order valence-corrected chi connectivity index (χ3v) is 10.2. The van der Waals surface area contributed by atoms with Crippen molar-refractivity contribution in [3.63, 3.8) is 0 Å². The van der Waals surface area contributed by atoms with E-state index in [1.807, 2.05) is 75.4 Å². The van der Waals surface area contributed by atoms with E-state index in [1.165, 1.54) is 17.0 Å². The predicted octanol–water partition coefficient (Wildman–Crippen LogP) is 7.16. The highest BCUT2D eigenvalue weighted by Gasteiger charge is 2.35. The van der Waals surface area contributed by atoms with Gasteiger partial charge in [0.2, 0.25) is 11.8 Å². The lowest BCUT2D eigenvalue weighted by molar-refractivity contribution is -0.140. The van der Waals surface area contributed by atoms with Crippen LogP contribution in [0.4, 0.5) is 5.69 Å². The number of para-hydroxylation sites is 1. The van der Waals surface area contributed by atoms with E-state index < -0.39 is 28.5 Å². The van der Waals surface area contributed by atoms with Crippen LogP contribution in [-0.2, 0) is 32.6 Å². The average Bonchev–Trinajstić information content (AvgIpc) is 3.03. The van der Waals surface area contributed by atoms with Crippen LogP contribution in [0.15, 0.2) is 112 Å². The number of rotatable bonds is 13. The van der Waals surface area contributed by atoms with Gasteiger partial charge in [-0.3, -0.25) is 13.9 Å². The summed E-state index contributed by atoms with van der Waals surface area (Å²) in [6, 6.07) is 28.8. The van der Waals surface area contributed by atoms with Gasteiger partial charge >= 0.3 is 0 Å². The van der Waals surface area contributed by atoms with Gasteiger partial charge in [0.1, 0.15) is 12.6 Å². The number of amides is 2. The van der Waals surface area contributed by atoms with Crippen LogP contribution in [0.3, 0.4) is 0 Å². The number of anilines is 1. The second kappa shape index (κ2) is 15.6. The van der Waals surface area contributed by atoms with Crippen molar-refractivity contribution in [1.82, 2.24) is 10.2 Å². The first-order valence-corrected chi connectivity index (χ1v) is 17.3. The molecule has 0 radical (unpaired) electrons. The molecule has 0 spiro atoms. The first kappa shape index (κ1) is 34.2.